The molecule has 0 saturated carbocycles. The minimum Gasteiger partial charge on any atom is -0.0642 e. The van der Waals surface area contributed by atoms with E-state index in [1.807, 2.05) is 0 Å². The Morgan fingerprint density at radius 3 is 1.00 bits per heavy atom. The highest BCUT2D eigenvalue weighted by Gasteiger charge is 2.44. The lowest BCUT2D eigenvalue weighted by Gasteiger charge is -2.32. The van der Waals surface area contributed by atoms with E-state index in [9.17, 15) is 0 Å². The van der Waals surface area contributed by atoms with Gasteiger partial charge in [-0.25, -0.2) is 0 Å². The van der Waals surface area contributed by atoms with Crippen molar-refractivity contribution < 1.29 is 0 Å². The van der Waals surface area contributed by atoms with Gasteiger partial charge in [0, 0.05) is 16.2 Å². The van der Waals surface area contributed by atoms with E-state index in [1.54, 1.807) is 0 Å². The Morgan fingerprint density at radius 1 is 0.296 bits per heavy atom. The highest BCUT2D eigenvalue weighted by atomic mass is 14.5. The van der Waals surface area contributed by atoms with Crippen LogP contribution in [0.3, 0.4) is 0 Å². The normalized spacial score (nSPS) is 15.5. The topological polar surface area (TPSA) is 0 Å². The fourth-order valence-corrected chi connectivity index (χ4v) is 14.9. The van der Waals surface area contributed by atoms with Crippen LogP contribution in [-0.2, 0) is 21.7 Å². The van der Waals surface area contributed by atoms with Gasteiger partial charge in [0.25, 0.3) is 0 Å². The first-order chi connectivity index (χ1) is 34.4. The molecule has 0 unspecified atom stereocenters. The van der Waals surface area contributed by atoms with Crippen LogP contribution < -0.4 is 0 Å². The van der Waals surface area contributed by atoms with Crippen molar-refractivity contribution in [2.75, 3.05) is 0 Å². The standard InChI is InChI=1S/C71H66/c1-10-69(11-2)60-37-46(23-30-53(60)54-31-24-47(38-61(54)69)49-26-33-56-58-36-28-51(68(7,8)9)42-65(58)71(14-5,15-6)63(56)40-49)48-25-32-55-57-34-27-50(41-64(57)70(12-3,13-4)62(55)39-48)52-29-21-45-20-19-43-17-16-18-44-22-35-59(52)67(45)66(43)44/h16-42H,10-15H2,1-9H3. The molecular weight excluding hydrogens is 853 g/mol. The Bertz CT molecular complexity index is 3800. The first kappa shape index (κ1) is 44.2. The van der Waals surface area contributed by atoms with Crippen molar-refractivity contribution in [2.24, 2.45) is 0 Å². The van der Waals surface area contributed by atoms with Gasteiger partial charge >= 0.3 is 0 Å². The van der Waals surface area contributed by atoms with Gasteiger partial charge in [-0.3, -0.25) is 0 Å². The average molecular weight is 919 g/mol. The predicted octanol–water partition coefficient (Wildman–Crippen LogP) is 20.1. The largest absolute Gasteiger partial charge is 0.0642 e. The molecule has 10 aromatic rings. The average Bonchev–Trinajstić information content (AvgIpc) is 3.97. The third-order valence-electron chi connectivity index (χ3n) is 19.1. The zero-order valence-corrected chi connectivity index (χ0v) is 43.3. The number of hydrogen-bond donors (Lipinski definition) is 0. The highest BCUT2D eigenvalue weighted by Crippen LogP contribution is 2.58. The molecule has 0 atom stereocenters. The molecule has 3 aliphatic carbocycles. The summed E-state index contributed by atoms with van der Waals surface area (Å²) in [6.45, 7) is 21.5. The first-order valence-electron chi connectivity index (χ1n) is 27.0. The molecule has 350 valence electrons. The lowest BCUT2D eigenvalue weighted by Crippen LogP contribution is -2.24. The molecule has 0 fully saturated rings. The van der Waals surface area contributed by atoms with Gasteiger partial charge in [-0.15, -0.1) is 0 Å². The van der Waals surface area contributed by atoms with Gasteiger partial charge in [0.1, 0.15) is 0 Å². The summed E-state index contributed by atoms with van der Waals surface area (Å²) < 4.78 is 0. The Hall–Kier alpha value is -6.76. The third-order valence-corrected chi connectivity index (χ3v) is 19.1. The van der Waals surface area contributed by atoms with Gasteiger partial charge in [-0.2, -0.15) is 0 Å². The molecule has 0 heterocycles. The van der Waals surface area contributed by atoms with Gasteiger partial charge in [0.2, 0.25) is 0 Å². The molecule has 0 aromatic heterocycles. The van der Waals surface area contributed by atoms with Crippen LogP contribution in [0, 0.1) is 0 Å². The first-order valence-corrected chi connectivity index (χ1v) is 27.0. The Kier molecular flexibility index (Phi) is 9.72. The summed E-state index contributed by atoms with van der Waals surface area (Å²) >= 11 is 0. The maximum atomic E-state index is 2.58. The highest BCUT2D eigenvalue weighted by molar-refractivity contribution is 6.25. The number of benzene rings is 10. The summed E-state index contributed by atoms with van der Waals surface area (Å²) in [7, 11) is 0. The molecule has 13 rings (SSSR count). The third kappa shape index (κ3) is 5.92. The molecule has 0 heteroatoms. The Balaban J connectivity index is 0.866. The zero-order chi connectivity index (χ0) is 48.8. The number of hydrogen-bond acceptors (Lipinski definition) is 0. The van der Waals surface area contributed by atoms with Gasteiger partial charge in [0.05, 0.1) is 0 Å². The fraction of sp³-hybridized carbons (Fsp3) is 0.268. The maximum absolute atomic E-state index is 2.58. The molecule has 0 nitrogen and oxygen atoms in total. The minimum absolute atomic E-state index is 0.0191. The summed E-state index contributed by atoms with van der Waals surface area (Å²) in [4.78, 5) is 0. The van der Waals surface area contributed by atoms with E-state index in [1.165, 1.54) is 138 Å². The Labute approximate surface area is 422 Å². The van der Waals surface area contributed by atoms with Crippen molar-refractivity contribution in [3.63, 3.8) is 0 Å². The molecular formula is C71H66. The minimum atomic E-state index is -0.0654. The molecule has 71 heavy (non-hydrogen) atoms. The molecule has 0 saturated heterocycles. The van der Waals surface area contributed by atoms with E-state index in [0.717, 1.165) is 38.5 Å². The van der Waals surface area contributed by atoms with Crippen molar-refractivity contribution in [3.8, 4) is 66.8 Å². The van der Waals surface area contributed by atoms with Crippen LogP contribution in [0.2, 0.25) is 0 Å². The molecule has 0 bridgehead atoms. The van der Waals surface area contributed by atoms with E-state index in [2.05, 4.69) is 226 Å². The van der Waals surface area contributed by atoms with Crippen molar-refractivity contribution >= 4 is 32.3 Å². The smallest absolute Gasteiger partial charge is 0.0210 e. The molecule has 0 radical (unpaired) electrons. The molecule has 10 aromatic carbocycles. The summed E-state index contributed by atoms with van der Waals surface area (Å²) in [5, 5.41) is 8.04. The second-order valence-electron chi connectivity index (χ2n) is 22.6. The van der Waals surface area contributed by atoms with E-state index in [4.69, 9.17) is 0 Å². The second kappa shape index (κ2) is 15.6. The second-order valence-corrected chi connectivity index (χ2v) is 22.6. The van der Waals surface area contributed by atoms with E-state index in [-0.39, 0.29) is 21.7 Å². The van der Waals surface area contributed by atoms with Crippen LogP contribution in [0.25, 0.3) is 99.1 Å². The Morgan fingerprint density at radius 2 is 0.606 bits per heavy atom. The van der Waals surface area contributed by atoms with Crippen LogP contribution in [0.5, 0.6) is 0 Å². The van der Waals surface area contributed by atoms with E-state index < -0.39 is 0 Å². The maximum Gasteiger partial charge on any atom is 0.0210 e. The number of rotatable bonds is 9. The molecule has 0 spiro atoms. The van der Waals surface area contributed by atoms with Crippen molar-refractivity contribution in [1.82, 2.24) is 0 Å². The lowest BCUT2D eigenvalue weighted by molar-refractivity contribution is 0.488. The van der Waals surface area contributed by atoms with Gasteiger partial charge in [0.15, 0.2) is 0 Å². The van der Waals surface area contributed by atoms with Crippen molar-refractivity contribution in [3.05, 3.63) is 203 Å². The summed E-state index contributed by atoms with van der Waals surface area (Å²) in [5.74, 6) is 0. The van der Waals surface area contributed by atoms with Gasteiger partial charge in [-0.05, 0) is 212 Å². The van der Waals surface area contributed by atoms with Crippen molar-refractivity contribution in [2.45, 2.75) is 122 Å². The summed E-state index contributed by atoms with van der Waals surface area (Å²) in [6.07, 6.45) is 6.41. The molecule has 0 N–H and O–H groups in total. The monoisotopic (exact) mass is 919 g/mol. The summed E-state index contributed by atoms with van der Waals surface area (Å²) in [6, 6.07) is 65.0. The van der Waals surface area contributed by atoms with Gasteiger partial charge < -0.3 is 0 Å². The zero-order valence-electron chi connectivity index (χ0n) is 43.3. The van der Waals surface area contributed by atoms with E-state index in [0.29, 0.717) is 0 Å². The quantitative estimate of drug-likeness (QED) is 0.127. The SMILES string of the molecule is CCC1(CC)c2cc(-c3ccc4c(c3)C(CC)(CC)c3cc(-c5ccc6ccc7cccc8ccc5c6c78)ccc3-4)ccc2-c2ccc(-c3ccc4c(c3)C(CC)(CC)c3cc(C(C)(C)C)ccc3-4)cc21. The molecule has 0 amide bonds. The van der Waals surface area contributed by atoms with Crippen LogP contribution in [0.1, 0.15) is 140 Å². The number of fused-ring (bicyclic) bond motifs is 9. The van der Waals surface area contributed by atoms with Crippen LogP contribution in [0.15, 0.2) is 164 Å². The van der Waals surface area contributed by atoms with Crippen LogP contribution in [-0.4, -0.2) is 0 Å². The van der Waals surface area contributed by atoms with Crippen LogP contribution in [0.4, 0.5) is 0 Å². The molecule has 3 aliphatic rings. The molecule has 0 aliphatic heterocycles. The van der Waals surface area contributed by atoms with Gasteiger partial charge in [-0.1, -0.05) is 196 Å². The van der Waals surface area contributed by atoms with Crippen LogP contribution >= 0.6 is 0 Å². The summed E-state index contributed by atoms with van der Waals surface area (Å²) in [5.41, 5.74) is 26.8. The fourth-order valence-electron chi connectivity index (χ4n) is 14.9. The lowest BCUT2D eigenvalue weighted by atomic mass is 9.71. The predicted molar refractivity (Wildman–Crippen MR) is 306 cm³/mol. The van der Waals surface area contributed by atoms with E-state index >= 15 is 0 Å². The van der Waals surface area contributed by atoms with Crippen molar-refractivity contribution in [1.29, 1.82) is 0 Å².